The molecule has 0 spiro atoms. The number of hydrogen-bond donors (Lipinski definition) is 1. The van der Waals surface area contributed by atoms with Gasteiger partial charge in [-0.1, -0.05) is 31.2 Å². The van der Waals surface area contributed by atoms with Crippen molar-refractivity contribution < 1.29 is 22.6 Å². The highest BCUT2D eigenvalue weighted by atomic mass is 32.2. The topological polar surface area (TPSA) is 73.9 Å². The summed E-state index contributed by atoms with van der Waals surface area (Å²) in [5.41, 5.74) is 0.703. The molecule has 0 aromatic heterocycles. The van der Waals surface area contributed by atoms with Gasteiger partial charge in [0, 0.05) is 6.54 Å². The van der Waals surface area contributed by atoms with E-state index in [9.17, 15) is 8.42 Å². The van der Waals surface area contributed by atoms with Gasteiger partial charge in [-0.2, -0.15) is 0 Å². The molecule has 0 aliphatic carbocycles. The van der Waals surface area contributed by atoms with Gasteiger partial charge in [0.2, 0.25) is 10.0 Å². The summed E-state index contributed by atoms with van der Waals surface area (Å²) in [6.07, 6.45) is 0.749. The summed E-state index contributed by atoms with van der Waals surface area (Å²) in [5.74, 6) is 1.99. The van der Waals surface area contributed by atoms with E-state index < -0.39 is 14.8 Å². The first-order valence-corrected chi connectivity index (χ1v) is 10.8. The molecule has 2 aromatic rings. The van der Waals surface area contributed by atoms with Crippen molar-refractivity contribution in [1.82, 2.24) is 4.72 Å². The lowest BCUT2D eigenvalue weighted by atomic mass is 10.0. The number of rotatable bonds is 11. The summed E-state index contributed by atoms with van der Waals surface area (Å²) >= 11 is 0. The molecule has 0 atom stereocenters. The summed E-state index contributed by atoms with van der Waals surface area (Å²) in [6.45, 7) is 6.47. The van der Waals surface area contributed by atoms with E-state index in [4.69, 9.17) is 14.2 Å². The molecule has 1 N–H and O–H groups in total. The average molecular weight is 408 g/mol. The SMILES string of the molecule is CCCNS(=O)(=O)C(C)(C)c1ccc(OCCOc2ccccc2OC)cc1. The van der Waals surface area contributed by atoms with E-state index in [1.807, 2.05) is 31.2 Å². The van der Waals surface area contributed by atoms with Crippen molar-refractivity contribution in [2.24, 2.45) is 0 Å². The number of sulfonamides is 1. The highest BCUT2D eigenvalue weighted by Gasteiger charge is 2.35. The molecule has 2 rings (SSSR count). The maximum absolute atomic E-state index is 12.5. The van der Waals surface area contributed by atoms with Crippen LogP contribution in [0.25, 0.3) is 0 Å². The predicted molar refractivity (Wildman–Crippen MR) is 111 cm³/mol. The molecule has 0 amide bonds. The van der Waals surface area contributed by atoms with E-state index >= 15 is 0 Å². The summed E-state index contributed by atoms with van der Waals surface area (Å²) < 4.78 is 43.3. The molecular weight excluding hydrogens is 378 g/mol. The van der Waals surface area contributed by atoms with E-state index in [0.29, 0.717) is 42.6 Å². The zero-order valence-corrected chi connectivity index (χ0v) is 17.7. The molecule has 0 saturated heterocycles. The van der Waals surface area contributed by atoms with Crippen LogP contribution in [-0.2, 0) is 14.8 Å². The summed E-state index contributed by atoms with van der Waals surface area (Å²) in [5, 5.41) is 0. The number of methoxy groups -OCH3 is 1. The Labute approximate surface area is 167 Å². The molecule has 154 valence electrons. The third-order valence-corrected chi connectivity index (χ3v) is 6.61. The maximum Gasteiger partial charge on any atom is 0.221 e. The first kappa shape index (κ1) is 22.0. The molecule has 6 nitrogen and oxygen atoms in total. The van der Waals surface area contributed by atoms with Gasteiger partial charge >= 0.3 is 0 Å². The first-order chi connectivity index (χ1) is 13.3. The highest BCUT2D eigenvalue weighted by Crippen LogP contribution is 2.30. The molecule has 0 saturated carbocycles. The fourth-order valence-electron chi connectivity index (χ4n) is 2.57. The van der Waals surface area contributed by atoms with Crippen LogP contribution >= 0.6 is 0 Å². The smallest absolute Gasteiger partial charge is 0.221 e. The van der Waals surface area contributed by atoms with Crippen molar-refractivity contribution >= 4 is 10.0 Å². The predicted octanol–water partition coefficient (Wildman–Crippen LogP) is 3.72. The Hall–Kier alpha value is -2.25. The van der Waals surface area contributed by atoms with E-state index in [1.165, 1.54) is 0 Å². The Kier molecular flexibility index (Phi) is 7.71. The largest absolute Gasteiger partial charge is 0.493 e. The Morgan fingerprint density at radius 2 is 1.54 bits per heavy atom. The second kappa shape index (κ2) is 9.80. The Morgan fingerprint density at radius 1 is 0.929 bits per heavy atom. The Bertz CT molecular complexity index is 847. The lowest BCUT2D eigenvalue weighted by Gasteiger charge is -2.25. The molecule has 0 radical (unpaired) electrons. The van der Waals surface area contributed by atoms with Crippen LogP contribution in [0.1, 0.15) is 32.8 Å². The van der Waals surface area contributed by atoms with Crippen LogP contribution in [0.2, 0.25) is 0 Å². The fraction of sp³-hybridized carbons (Fsp3) is 0.429. The van der Waals surface area contributed by atoms with E-state index in [1.54, 1.807) is 45.2 Å². The summed E-state index contributed by atoms with van der Waals surface area (Å²) in [7, 11) is -1.87. The van der Waals surface area contributed by atoms with Gasteiger partial charge in [-0.25, -0.2) is 13.1 Å². The number of benzene rings is 2. The molecule has 0 aliphatic rings. The molecule has 0 heterocycles. The van der Waals surface area contributed by atoms with Gasteiger partial charge in [0.1, 0.15) is 23.7 Å². The normalized spacial score (nSPS) is 11.9. The standard InChI is InChI=1S/C21H29NO5S/c1-5-14-22-28(23,24)21(2,3)17-10-12-18(13-11-17)26-15-16-27-20-9-7-6-8-19(20)25-4/h6-13,22H,5,14-16H2,1-4H3. The van der Waals surface area contributed by atoms with Crippen molar-refractivity contribution in [3.05, 3.63) is 54.1 Å². The van der Waals surface area contributed by atoms with Crippen LogP contribution in [0, 0.1) is 0 Å². The monoisotopic (exact) mass is 407 g/mol. The van der Waals surface area contributed by atoms with Crippen molar-refractivity contribution in [3.8, 4) is 17.2 Å². The van der Waals surface area contributed by atoms with Crippen molar-refractivity contribution in [2.45, 2.75) is 31.9 Å². The summed E-state index contributed by atoms with van der Waals surface area (Å²) in [4.78, 5) is 0. The molecule has 28 heavy (non-hydrogen) atoms. The van der Waals surface area contributed by atoms with Crippen LogP contribution in [0.15, 0.2) is 48.5 Å². The minimum Gasteiger partial charge on any atom is -0.493 e. The number of ether oxygens (including phenoxy) is 3. The molecule has 0 aliphatic heterocycles. The maximum atomic E-state index is 12.5. The van der Waals surface area contributed by atoms with Gasteiger partial charge in [-0.05, 0) is 50.1 Å². The van der Waals surface area contributed by atoms with Crippen LogP contribution in [-0.4, -0.2) is 35.3 Å². The molecule has 0 bridgehead atoms. The average Bonchev–Trinajstić information content (AvgIpc) is 2.70. The Balaban J connectivity index is 1.92. The lowest BCUT2D eigenvalue weighted by Crippen LogP contribution is -2.39. The molecule has 7 heteroatoms. The van der Waals surface area contributed by atoms with Crippen LogP contribution < -0.4 is 18.9 Å². The van der Waals surface area contributed by atoms with Gasteiger partial charge in [0.25, 0.3) is 0 Å². The molecule has 0 fully saturated rings. The zero-order chi connectivity index (χ0) is 20.6. The minimum absolute atomic E-state index is 0.358. The third kappa shape index (κ3) is 5.39. The van der Waals surface area contributed by atoms with Gasteiger partial charge in [0.15, 0.2) is 11.5 Å². The van der Waals surface area contributed by atoms with Crippen LogP contribution in [0.5, 0.6) is 17.2 Å². The second-order valence-electron chi connectivity index (χ2n) is 6.78. The highest BCUT2D eigenvalue weighted by molar-refractivity contribution is 7.90. The van der Waals surface area contributed by atoms with Crippen molar-refractivity contribution in [2.75, 3.05) is 26.9 Å². The molecule has 2 aromatic carbocycles. The lowest BCUT2D eigenvalue weighted by molar-refractivity contribution is 0.211. The van der Waals surface area contributed by atoms with Crippen molar-refractivity contribution in [1.29, 1.82) is 0 Å². The zero-order valence-electron chi connectivity index (χ0n) is 16.9. The van der Waals surface area contributed by atoms with Gasteiger partial charge in [-0.3, -0.25) is 0 Å². The molecule has 0 unspecified atom stereocenters. The van der Waals surface area contributed by atoms with E-state index in [0.717, 1.165) is 6.42 Å². The quantitative estimate of drug-likeness (QED) is 0.575. The van der Waals surface area contributed by atoms with E-state index in [-0.39, 0.29) is 0 Å². The number of hydrogen-bond acceptors (Lipinski definition) is 5. The summed E-state index contributed by atoms with van der Waals surface area (Å²) in [6, 6.07) is 14.5. The molecular formula is C21H29NO5S. The fourth-order valence-corrected chi connectivity index (χ4v) is 3.85. The van der Waals surface area contributed by atoms with Crippen LogP contribution in [0.4, 0.5) is 0 Å². The number of para-hydroxylation sites is 2. The minimum atomic E-state index is -3.47. The Morgan fingerprint density at radius 3 is 2.14 bits per heavy atom. The van der Waals surface area contributed by atoms with Gasteiger partial charge in [-0.15, -0.1) is 0 Å². The first-order valence-electron chi connectivity index (χ1n) is 9.30. The van der Waals surface area contributed by atoms with Crippen LogP contribution in [0.3, 0.4) is 0 Å². The van der Waals surface area contributed by atoms with Crippen molar-refractivity contribution in [3.63, 3.8) is 0 Å². The van der Waals surface area contributed by atoms with E-state index in [2.05, 4.69) is 4.72 Å². The van der Waals surface area contributed by atoms with Gasteiger partial charge < -0.3 is 14.2 Å². The van der Waals surface area contributed by atoms with Gasteiger partial charge in [0.05, 0.1) is 7.11 Å². The number of nitrogens with one attached hydrogen (secondary N) is 1. The third-order valence-electron chi connectivity index (χ3n) is 4.44. The second-order valence-corrected chi connectivity index (χ2v) is 9.10.